The second-order valence-corrected chi connectivity index (χ2v) is 2.74. The molecule has 1 rings (SSSR count). The van der Waals surface area contributed by atoms with Crippen LogP contribution in [0.1, 0.15) is 6.42 Å². The lowest BCUT2D eigenvalue weighted by atomic mass is 10.3. The highest BCUT2D eigenvalue weighted by molar-refractivity contribution is 5.35. The predicted molar refractivity (Wildman–Crippen MR) is 52.3 cm³/mol. The first kappa shape index (κ1) is 10.5. The molecule has 0 heterocycles. The Morgan fingerprint density at radius 1 is 1.36 bits per heavy atom. The summed E-state index contributed by atoms with van der Waals surface area (Å²) < 4.78 is 5.28. The fourth-order valence-corrected chi connectivity index (χ4v) is 0.937. The molecule has 0 bridgehead atoms. The molecule has 0 saturated heterocycles. The molecule has 0 atom stereocenters. The Morgan fingerprint density at radius 3 is 2.50 bits per heavy atom. The van der Waals surface area contributed by atoms with Crippen molar-refractivity contribution in [2.75, 3.05) is 13.2 Å². The van der Waals surface area contributed by atoms with E-state index in [9.17, 15) is 10.1 Å². The maximum atomic E-state index is 10.3. The highest BCUT2D eigenvalue weighted by atomic mass is 16.6. The zero-order valence-corrected chi connectivity index (χ0v) is 7.68. The van der Waals surface area contributed by atoms with Crippen molar-refractivity contribution in [1.29, 1.82) is 0 Å². The van der Waals surface area contributed by atoms with Gasteiger partial charge in [-0.1, -0.05) is 0 Å². The van der Waals surface area contributed by atoms with Gasteiger partial charge >= 0.3 is 0 Å². The molecular weight excluding hydrogens is 184 g/mol. The van der Waals surface area contributed by atoms with E-state index < -0.39 is 4.92 Å². The summed E-state index contributed by atoms with van der Waals surface area (Å²) in [5, 5.41) is 10.3. The van der Waals surface area contributed by atoms with Crippen molar-refractivity contribution in [2.24, 2.45) is 5.73 Å². The smallest absolute Gasteiger partial charge is 0.269 e. The van der Waals surface area contributed by atoms with Gasteiger partial charge in [-0.2, -0.15) is 0 Å². The molecule has 1 aromatic rings. The monoisotopic (exact) mass is 196 g/mol. The molecule has 0 aliphatic rings. The lowest BCUT2D eigenvalue weighted by Crippen LogP contribution is -2.05. The third-order valence-electron chi connectivity index (χ3n) is 1.66. The molecule has 0 saturated carbocycles. The average Bonchev–Trinajstić information content (AvgIpc) is 2.19. The highest BCUT2D eigenvalue weighted by Crippen LogP contribution is 2.17. The molecule has 0 fully saturated rings. The van der Waals surface area contributed by atoms with Crippen LogP contribution in [0.3, 0.4) is 0 Å². The summed E-state index contributed by atoms with van der Waals surface area (Å²) in [6.45, 7) is 1.11. The van der Waals surface area contributed by atoms with Gasteiger partial charge in [0.15, 0.2) is 0 Å². The summed E-state index contributed by atoms with van der Waals surface area (Å²) in [5.74, 6) is 0.629. The van der Waals surface area contributed by atoms with E-state index in [0.29, 0.717) is 18.9 Å². The van der Waals surface area contributed by atoms with Gasteiger partial charge < -0.3 is 10.5 Å². The van der Waals surface area contributed by atoms with Crippen LogP contribution in [0.2, 0.25) is 0 Å². The predicted octanol–water partition coefficient (Wildman–Crippen LogP) is 1.32. The molecular formula is C9H12N2O3. The fraction of sp³-hybridized carbons (Fsp3) is 0.333. The molecule has 14 heavy (non-hydrogen) atoms. The summed E-state index contributed by atoms with van der Waals surface area (Å²) in [4.78, 5) is 9.88. The summed E-state index contributed by atoms with van der Waals surface area (Å²) in [5.41, 5.74) is 5.35. The highest BCUT2D eigenvalue weighted by Gasteiger charge is 2.03. The maximum absolute atomic E-state index is 10.3. The van der Waals surface area contributed by atoms with E-state index >= 15 is 0 Å². The van der Waals surface area contributed by atoms with Crippen molar-refractivity contribution in [3.8, 4) is 5.75 Å². The summed E-state index contributed by atoms with van der Waals surface area (Å²) in [7, 11) is 0. The standard InChI is InChI=1S/C9H12N2O3/c10-6-1-7-14-9-4-2-8(3-5-9)11(12)13/h2-5H,1,6-7,10H2. The Balaban J connectivity index is 2.51. The van der Waals surface area contributed by atoms with E-state index in [1.807, 2.05) is 0 Å². The number of ether oxygens (including phenoxy) is 1. The van der Waals surface area contributed by atoms with Crippen LogP contribution in [-0.4, -0.2) is 18.1 Å². The normalized spacial score (nSPS) is 9.79. The van der Waals surface area contributed by atoms with E-state index in [4.69, 9.17) is 10.5 Å². The topological polar surface area (TPSA) is 78.4 Å². The first-order valence-corrected chi connectivity index (χ1v) is 4.31. The molecule has 5 heteroatoms. The van der Waals surface area contributed by atoms with E-state index in [1.54, 1.807) is 12.1 Å². The van der Waals surface area contributed by atoms with Gasteiger partial charge in [0.05, 0.1) is 11.5 Å². The molecule has 0 spiro atoms. The lowest BCUT2D eigenvalue weighted by Gasteiger charge is -2.03. The van der Waals surface area contributed by atoms with Crippen LogP contribution in [0.4, 0.5) is 5.69 Å². The van der Waals surface area contributed by atoms with Crippen molar-refractivity contribution in [1.82, 2.24) is 0 Å². The van der Waals surface area contributed by atoms with Gasteiger partial charge in [0, 0.05) is 12.1 Å². The summed E-state index contributed by atoms with van der Waals surface area (Å²) in [6, 6.07) is 5.98. The number of nitrogens with two attached hydrogens (primary N) is 1. The number of hydrogen-bond donors (Lipinski definition) is 1. The minimum absolute atomic E-state index is 0.0659. The van der Waals surface area contributed by atoms with E-state index in [-0.39, 0.29) is 5.69 Å². The van der Waals surface area contributed by atoms with E-state index in [0.717, 1.165) is 6.42 Å². The quantitative estimate of drug-likeness (QED) is 0.437. The molecule has 2 N–H and O–H groups in total. The van der Waals surface area contributed by atoms with Crippen LogP contribution in [0.15, 0.2) is 24.3 Å². The fourth-order valence-electron chi connectivity index (χ4n) is 0.937. The van der Waals surface area contributed by atoms with Crippen LogP contribution in [0.5, 0.6) is 5.75 Å². The Hall–Kier alpha value is -1.62. The Kier molecular flexibility index (Phi) is 3.87. The second-order valence-electron chi connectivity index (χ2n) is 2.74. The first-order valence-electron chi connectivity index (χ1n) is 4.31. The maximum Gasteiger partial charge on any atom is 0.269 e. The summed E-state index contributed by atoms with van der Waals surface area (Å²) in [6.07, 6.45) is 0.775. The lowest BCUT2D eigenvalue weighted by molar-refractivity contribution is -0.384. The minimum Gasteiger partial charge on any atom is -0.494 e. The number of non-ortho nitro benzene ring substituents is 1. The average molecular weight is 196 g/mol. The number of nitro benzene ring substituents is 1. The zero-order valence-electron chi connectivity index (χ0n) is 7.68. The SMILES string of the molecule is NCCCOc1ccc([N+](=O)[O-])cc1. The van der Waals surface area contributed by atoms with Crippen molar-refractivity contribution >= 4 is 5.69 Å². The van der Waals surface area contributed by atoms with Gasteiger partial charge in [-0.15, -0.1) is 0 Å². The molecule has 1 aromatic carbocycles. The van der Waals surface area contributed by atoms with Crippen LogP contribution in [0.25, 0.3) is 0 Å². The molecule has 0 aromatic heterocycles. The first-order chi connectivity index (χ1) is 6.74. The number of nitrogens with zero attached hydrogens (tertiary/aromatic N) is 1. The molecule has 76 valence electrons. The Labute approximate surface area is 81.6 Å². The van der Waals surface area contributed by atoms with Crippen molar-refractivity contribution in [3.63, 3.8) is 0 Å². The summed E-state index contributed by atoms with van der Waals surface area (Å²) >= 11 is 0. The Bertz CT molecular complexity index is 297. The van der Waals surface area contributed by atoms with Crippen molar-refractivity contribution < 1.29 is 9.66 Å². The van der Waals surface area contributed by atoms with Gasteiger partial charge in [0.2, 0.25) is 0 Å². The van der Waals surface area contributed by atoms with Crippen LogP contribution in [0, 0.1) is 10.1 Å². The third-order valence-corrected chi connectivity index (χ3v) is 1.66. The van der Waals surface area contributed by atoms with Gasteiger partial charge in [0.25, 0.3) is 5.69 Å². The number of hydrogen-bond acceptors (Lipinski definition) is 4. The largest absolute Gasteiger partial charge is 0.494 e. The van der Waals surface area contributed by atoms with Gasteiger partial charge in [-0.25, -0.2) is 0 Å². The van der Waals surface area contributed by atoms with Crippen LogP contribution >= 0.6 is 0 Å². The van der Waals surface area contributed by atoms with Crippen LogP contribution in [-0.2, 0) is 0 Å². The molecule has 0 radical (unpaired) electrons. The van der Waals surface area contributed by atoms with Gasteiger partial charge in [0.1, 0.15) is 5.75 Å². The molecule has 5 nitrogen and oxygen atoms in total. The van der Waals surface area contributed by atoms with Crippen molar-refractivity contribution in [2.45, 2.75) is 6.42 Å². The number of benzene rings is 1. The van der Waals surface area contributed by atoms with Crippen LogP contribution < -0.4 is 10.5 Å². The molecule has 0 unspecified atom stereocenters. The second kappa shape index (κ2) is 5.18. The molecule has 0 aliphatic heterocycles. The van der Waals surface area contributed by atoms with Crippen molar-refractivity contribution in [3.05, 3.63) is 34.4 Å². The number of rotatable bonds is 5. The van der Waals surface area contributed by atoms with E-state index in [2.05, 4.69) is 0 Å². The number of nitro groups is 1. The molecule has 0 aliphatic carbocycles. The van der Waals surface area contributed by atoms with Gasteiger partial charge in [-0.05, 0) is 25.1 Å². The van der Waals surface area contributed by atoms with Gasteiger partial charge in [-0.3, -0.25) is 10.1 Å². The molecule has 0 amide bonds. The minimum atomic E-state index is -0.441. The van der Waals surface area contributed by atoms with E-state index in [1.165, 1.54) is 12.1 Å². The third kappa shape index (κ3) is 3.02. The zero-order chi connectivity index (χ0) is 10.4. The Morgan fingerprint density at radius 2 is 2.00 bits per heavy atom.